The molecule has 1 atom stereocenters. The Labute approximate surface area is 353 Å². The van der Waals surface area contributed by atoms with Crippen molar-refractivity contribution >= 4 is 49.9 Å². The number of benzene rings is 3. The Hall–Kier alpha value is -6.04. The molecule has 0 bridgehead atoms. The minimum absolute atomic E-state index is 0.0534. The largest absolute Gasteiger partial charge is 0.455 e. The minimum atomic E-state index is -4.56. The van der Waals surface area contributed by atoms with Gasteiger partial charge in [0.05, 0.1) is 21.6 Å². The van der Waals surface area contributed by atoms with Crippen molar-refractivity contribution in [3.63, 3.8) is 0 Å². The molecule has 17 heteroatoms. The summed E-state index contributed by atoms with van der Waals surface area (Å²) in [7, 11) is -4.56. The Bertz CT molecular complexity index is 2570. The number of carbonyl (C=O) groups excluding carboxylic acids is 2. The molecule has 3 aromatic carbocycles. The van der Waals surface area contributed by atoms with Gasteiger partial charge >= 0.3 is 0 Å². The Morgan fingerprint density at radius 1 is 0.951 bits per heavy atom. The van der Waals surface area contributed by atoms with Crippen LogP contribution in [0.25, 0.3) is 11.0 Å². The normalized spacial score (nSPS) is 18.7. The lowest BCUT2D eigenvalue weighted by Gasteiger charge is -2.42. The third-order valence-electron chi connectivity index (χ3n) is 12.2. The first-order valence-corrected chi connectivity index (χ1v) is 22.3. The van der Waals surface area contributed by atoms with E-state index in [1.54, 1.807) is 24.4 Å². The number of anilines is 2. The van der Waals surface area contributed by atoms with Crippen LogP contribution < -0.4 is 19.7 Å². The van der Waals surface area contributed by atoms with Crippen LogP contribution in [0.3, 0.4) is 0 Å². The molecule has 318 valence electrons. The van der Waals surface area contributed by atoms with Crippen molar-refractivity contribution in [2.24, 2.45) is 11.8 Å². The zero-order chi connectivity index (χ0) is 42.1. The Balaban J connectivity index is 0.916. The predicted octanol–water partition coefficient (Wildman–Crippen LogP) is 5.71. The van der Waals surface area contributed by atoms with Gasteiger partial charge in [0.2, 0.25) is 5.91 Å². The lowest BCUT2D eigenvalue weighted by Crippen LogP contribution is -2.54. The van der Waals surface area contributed by atoms with Gasteiger partial charge in [-0.05, 0) is 85.5 Å². The number of aromatic amines is 1. The summed E-state index contributed by atoms with van der Waals surface area (Å²) in [6, 6.07) is 20.6. The number of piperazine rings is 1. The Morgan fingerprint density at radius 2 is 1.74 bits per heavy atom. The number of H-pyrrole nitrogens is 1. The van der Waals surface area contributed by atoms with Gasteiger partial charge in [-0.15, -0.1) is 0 Å². The molecule has 16 nitrogen and oxygen atoms in total. The van der Waals surface area contributed by atoms with E-state index >= 15 is 0 Å². The highest BCUT2D eigenvalue weighted by molar-refractivity contribution is 7.90. The molecule has 2 amide bonds. The van der Waals surface area contributed by atoms with Crippen molar-refractivity contribution in [2.45, 2.75) is 49.6 Å². The van der Waals surface area contributed by atoms with E-state index in [0.29, 0.717) is 50.8 Å². The maximum absolute atomic E-state index is 13.9. The fourth-order valence-electron chi connectivity index (χ4n) is 8.56. The fourth-order valence-corrected chi connectivity index (χ4v) is 9.55. The van der Waals surface area contributed by atoms with Crippen LogP contribution in [0.5, 0.6) is 11.5 Å². The Morgan fingerprint density at radius 3 is 2.51 bits per heavy atom. The van der Waals surface area contributed by atoms with Crippen molar-refractivity contribution in [1.82, 2.24) is 24.5 Å². The number of nitrogens with zero attached hydrogens (tertiary/aromatic N) is 5. The van der Waals surface area contributed by atoms with Crippen LogP contribution in [0.15, 0.2) is 90.1 Å². The van der Waals surface area contributed by atoms with Gasteiger partial charge < -0.3 is 29.6 Å². The molecule has 3 fully saturated rings. The van der Waals surface area contributed by atoms with E-state index in [1.165, 1.54) is 35.5 Å². The molecular weight excluding hydrogens is 801 g/mol. The second-order valence-corrected chi connectivity index (χ2v) is 18.0. The summed E-state index contributed by atoms with van der Waals surface area (Å²) in [4.78, 5) is 52.4. The summed E-state index contributed by atoms with van der Waals surface area (Å²) < 4.78 is 41.1. The zero-order valence-corrected chi connectivity index (χ0v) is 34.4. The lowest BCUT2D eigenvalue weighted by molar-refractivity contribution is -0.384. The molecule has 61 heavy (non-hydrogen) atoms. The standard InChI is InChI=1S/C44H48N8O8S/c53-43(48-61(57,58)37-8-10-39(40(24-37)52(55)56)46-25-29-12-19-59-20-13-29)38-9-7-34(23-41(38)60-36-22-32-11-14-45-42(32)47-26-36)50-17-15-49(16-18-50)28-35-21-31-3-1-2-4-33(31)27-51(35)44(54)30-5-6-30/h1-4,7-11,14,22-24,26,29-30,35,46H,5-6,12-13,15-21,25,27-28H2,(H,45,47)(H,48,53)/t35-/m1/s1. The van der Waals surface area contributed by atoms with Crippen molar-refractivity contribution in [3.8, 4) is 11.5 Å². The number of nitro groups is 1. The molecule has 2 saturated heterocycles. The second kappa shape index (κ2) is 17.1. The fraction of sp³-hybridized carbons (Fsp3) is 0.386. The van der Waals surface area contributed by atoms with Gasteiger partial charge in [-0.3, -0.25) is 24.6 Å². The van der Waals surface area contributed by atoms with E-state index in [2.05, 4.69) is 52.9 Å². The van der Waals surface area contributed by atoms with E-state index in [9.17, 15) is 28.1 Å². The summed E-state index contributed by atoms with van der Waals surface area (Å²) in [5.41, 5.74) is 3.67. The summed E-state index contributed by atoms with van der Waals surface area (Å²) in [5, 5.41) is 15.9. The summed E-state index contributed by atoms with van der Waals surface area (Å²) in [5.74, 6) is 0.162. The number of rotatable bonds is 13. The molecule has 9 rings (SSSR count). The van der Waals surface area contributed by atoms with Crippen LogP contribution in [-0.4, -0.2) is 103 Å². The summed E-state index contributed by atoms with van der Waals surface area (Å²) >= 11 is 0. The number of ether oxygens (including phenoxy) is 2. The molecule has 1 aliphatic carbocycles. The van der Waals surface area contributed by atoms with Gasteiger partial charge in [-0.2, -0.15) is 0 Å². The number of hydrogen-bond acceptors (Lipinski definition) is 12. The number of carbonyl (C=O) groups is 2. The van der Waals surface area contributed by atoms with Gasteiger partial charge in [-0.25, -0.2) is 18.1 Å². The maximum Gasteiger partial charge on any atom is 0.293 e. The first kappa shape index (κ1) is 40.4. The molecule has 0 radical (unpaired) electrons. The van der Waals surface area contributed by atoms with Crippen molar-refractivity contribution in [2.75, 3.05) is 62.7 Å². The van der Waals surface area contributed by atoms with E-state index in [-0.39, 0.29) is 40.8 Å². The molecule has 5 aromatic rings. The summed E-state index contributed by atoms with van der Waals surface area (Å²) in [6.07, 6.45) is 7.67. The summed E-state index contributed by atoms with van der Waals surface area (Å²) in [6.45, 7) is 6.00. The number of nitro benzene ring substituents is 1. The molecule has 1 saturated carbocycles. The van der Waals surface area contributed by atoms with E-state index in [1.807, 2.05) is 12.1 Å². The third kappa shape index (κ3) is 9.04. The highest BCUT2D eigenvalue weighted by atomic mass is 32.2. The van der Waals surface area contributed by atoms with Crippen molar-refractivity contribution in [3.05, 3.63) is 112 Å². The van der Waals surface area contributed by atoms with E-state index in [4.69, 9.17) is 9.47 Å². The molecule has 3 N–H and O–H groups in total. The minimum Gasteiger partial charge on any atom is -0.455 e. The van der Waals surface area contributed by atoms with Crippen molar-refractivity contribution < 1.29 is 32.4 Å². The van der Waals surface area contributed by atoms with Crippen LogP contribution in [0.1, 0.15) is 47.2 Å². The molecule has 0 unspecified atom stereocenters. The van der Waals surface area contributed by atoms with Crippen LogP contribution in [-0.2, 0) is 32.5 Å². The number of nitrogens with one attached hydrogen (secondary N) is 3. The van der Waals surface area contributed by atoms with Crippen LogP contribution in [0.4, 0.5) is 17.1 Å². The number of aromatic nitrogens is 2. The van der Waals surface area contributed by atoms with Crippen LogP contribution >= 0.6 is 0 Å². The predicted molar refractivity (Wildman–Crippen MR) is 228 cm³/mol. The smallest absolute Gasteiger partial charge is 0.293 e. The molecule has 3 aliphatic heterocycles. The van der Waals surface area contributed by atoms with Crippen molar-refractivity contribution in [1.29, 1.82) is 0 Å². The number of sulfonamides is 1. The first-order valence-electron chi connectivity index (χ1n) is 20.8. The van der Waals surface area contributed by atoms with Crippen LogP contribution in [0, 0.1) is 22.0 Å². The van der Waals surface area contributed by atoms with Crippen LogP contribution in [0.2, 0.25) is 0 Å². The Kier molecular flexibility index (Phi) is 11.3. The number of amides is 2. The molecule has 4 aliphatic rings. The number of pyridine rings is 1. The van der Waals surface area contributed by atoms with E-state index in [0.717, 1.165) is 68.9 Å². The topological polar surface area (TPSA) is 192 Å². The average Bonchev–Trinajstić information content (AvgIpc) is 4.02. The highest BCUT2D eigenvalue weighted by Gasteiger charge is 2.39. The molecule has 2 aromatic heterocycles. The SMILES string of the molecule is O=C(NS(=O)(=O)c1ccc(NCC2CCOCC2)c([N+](=O)[O-])c1)c1ccc(N2CCN(C[C@H]3Cc4ccccc4CN3C(=O)C3CC3)CC2)cc1Oc1cnc2[nH]ccc2c1. The van der Waals surface area contributed by atoms with Gasteiger partial charge in [-0.1, -0.05) is 24.3 Å². The number of hydrogen-bond donors (Lipinski definition) is 3. The average molecular weight is 849 g/mol. The molecule has 0 spiro atoms. The monoisotopic (exact) mass is 848 g/mol. The highest BCUT2D eigenvalue weighted by Crippen LogP contribution is 2.36. The van der Waals surface area contributed by atoms with E-state index < -0.39 is 31.4 Å². The zero-order valence-electron chi connectivity index (χ0n) is 33.6. The first-order chi connectivity index (χ1) is 29.6. The third-order valence-corrected chi connectivity index (χ3v) is 13.5. The van der Waals surface area contributed by atoms with Gasteiger partial charge in [0.15, 0.2) is 0 Å². The van der Waals surface area contributed by atoms with Gasteiger partial charge in [0.1, 0.15) is 22.8 Å². The lowest BCUT2D eigenvalue weighted by atomic mass is 9.93. The maximum atomic E-state index is 13.9. The quantitative estimate of drug-likeness (QED) is 0.0968. The van der Waals surface area contributed by atoms with Gasteiger partial charge in [0.25, 0.3) is 21.6 Å². The second-order valence-electron chi connectivity index (χ2n) is 16.3. The van der Waals surface area contributed by atoms with Gasteiger partial charge in [0, 0.05) is 100 Å². The molecule has 5 heterocycles. The number of fused-ring (bicyclic) bond motifs is 2. The molecular formula is C44H48N8O8S.